The van der Waals surface area contributed by atoms with E-state index >= 15 is 0 Å². The quantitative estimate of drug-likeness (QED) is 0.411. The number of likely N-dealkylation sites (N-methyl/N-ethyl adjacent to an activating group) is 1. The Labute approximate surface area is 227 Å². The lowest BCUT2D eigenvalue weighted by atomic mass is 9.78. The number of carbonyl (C=O) groups is 3. The Kier molecular flexibility index (Phi) is 9.22. The Hall–Kier alpha value is -4.31. The Morgan fingerprint density at radius 2 is 1.64 bits per heavy atom. The Bertz CT molecular complexity index is 1250. The van der Waals surface area contributed by atoms with Crippen molar-refractivity contribution in [1.29, 1.82) is 0 Å². The molecule has 1 saturated heterocycles. The van der Waals surface area contributed by atoms with Crippen LogP contribution >= 0.6 is 0 Å². The van der Waals surface area contributed by atoms with Crippen molar-refractivity contribution in [2.75, 3.05) is 27.2 Å². The minimum absolute atomic E-state index is 0.0105. The molecule has 9 nitrogen and oxygen atoms in total. The molecule has 202 valence electrons. The van der Waals surface area contributed by atoms with Crippen LogP contribution in [-0.2, 0) is 23.6 Å². The molecule has 2 aliphatic rings. The van der Waals surface area contributed by atoms with E-state index in [9.17, 15) is 14.4 Å². The van der Waals surface area contributed by atoms with Gasteiger partial charge in [-0.3, -0.25) is 14.5 Å². The van der Waals surface area contributed by atoms with Gasteiger partial charge in [0.1, 0.15) is 23.4 Å². The number of carbonyl (C=O) groups excluding carboxylic acids is 3. The molecule has 10 heteroatoms. The molecule has 1 fully saturated rings. The number of nitrogens with zero attached hydrogens (tertiary/aromatic N) is 1. The summed E-state index contributed by atoms with van der Waals surface area (Å²) in [6.07, 6.45) is 7.70. The summed E-state index contributed by atoms with van der Waals surface area (Å²) in [5.41, 5.74) is 1.81. The van der Waals surface area contributed by atoms with E-state index in [2.05, 4.69) is 6.58 Å². The molecular weight excluding hydrogens is 501 g/mol. The van der Waals surface area contributed by atoms with E-state index < -0.39 is 25.0 Å². The maximum absolute atomic E-state index is 12.0. The first-order valence-electron chi connectivity index (χ1n) is 12.6. The lowest BCUT2D eigenvalue weighted by molar-refractivity contribution is -0.145. The second kappa shape index (κ2) is 13.0. The molecule has 0 N–H and O–H groups in total. The molecule has 0 unspecified atom stereocenters. The summed E-state index contributed by atoms with van der Waals surface area (Å²) in [4.78, 5) is 37.3. The Morgan fingerprint density at radius 1 is 1.00 bits per heavy atom. The molecule has 2 aromatic rings. The van der Waals surface area contributed by atoms with Gasteiger partial charge in [0.05, 0.1) is 25.8 Å². The van der Waals surface area contributed by atoms with Gasteiger partial charge >= 0.3 is 25.0 Å². The number of hydrogen-bond acceptors (Lipinski definition) is 9. The van der Waals surface area contributed by atoms with E-state index in [1.54, 1.807) is 55.6 Å². The molecule has 0 bridgehead atoms. The zero-order valence-electron chi connectivity index (χ0n) is 22.0. The van der Waals surface area contributed by atoms with E-state index in [1.807, 2.05) is 18.2 Å². The van der Waals surface area contributed by atoms with Gasteiger partial charge in [0, 0.05) is 11.9 Å². The van der Waals surface area contributed by atoms with Crippen LogP contribution in [0.2, 0.25) is 0 Å². The van der Waals surface area contributed by atoms with Crippen molar-refractivity contribution < 1.29 is 37.9 Å². The number of benzene rings is 2. The van der Waals surface area contributed by atoms with E-state index in [-0.39, 0.29) is 19.2 Å². The highest BCUT2D eigenvalue weighted by Gasteiger charge is 2.33. The summed E-state index contributed by atoms with van der Waals surface area (Å²) in [7, 11) is 1.89. The molecule has 0 radical (unpaired) electrons. The Morgan fingerprint density at radius 3 is 2.28 bits per heavy atom. The fraction of sp³-hybridized carbons (Fsp3) is 0.276. The summed E-state index contributed by atoms with van der Waals surface area (Å²) in [5, 5.41) is 0. The third-order valence-corrected chi connectivity index (χ3v) is 6.13. The van der Waals surface area contributed by atoms with Crippen molar-refractivity contribution in [3.8, 4) is 11.5 Å². The van der Waals surface area contributed by atoms with Crippen LogP contribution in [-0.4, -0.2) is 63.3 Å². The maximum atomic E-state index is 12.0. The minimum Gasteiger partial charge on any atom is -0.494 e. The highest BCUT2D eigenvalue weighted by atomic mass is 16.6. The monoisotopic (exact) mass is 531 g/mol. The van der Waals surface area contributed by atoms with Crippen LogP contribution in [0.3, 0.4) is 0 Å². The van der Waals surface area contributed by atoms with Gasteiger partial charge in [0.15, 0.2) is 0 Å². The Balaban J connectivity index is 1.34. The summed E-state index contributed by atoms with van der Waals surface area (Å²) in [5.74, 6) is 0.516. The standard InChI is InChI=1S/C29H30BNO8/c1-20-8-13-23(6-4-5-7-26(20)37-25-14-9-21(10-15-25)29(34)35-3)36-24-16-11-22(12-17-24)30-38-27(32)18-31(2)19-28(33)39-30/h4-5,7,9-12,14-17,23H,1,6,8,13,18-19H2,2-3H3/b5-4-,26-7+/t23-/m0/s1. The first-order valence-corrected chi connectivity index (χ1v) is 12.6. The van der Waals surface area contributed by atoms with Crippen molar-refractivity contribution >= 4 is 30.5 Å². The van der Waals surface area contributed by atoms with Crippen molar-refractivity contribution in [3.05, 3.63) is 90.2 Å². The van der Waals surface area contributed by atoms with Crippen molar-refractivity contribution in [3.63, 3.8) is 0 Å². The predicted molar refractivity (Wildman–Crippen MR) is 145 cm³/mol. The molecule has 0 spiro atoms. The third-order valence-electron chi connectivity index (χ3n) is 6.13. The van der Waals surface area contributed by atoms with E-state index in [1.165, 1.54) is 12.0 Å². The van der Waals surface area contributed by atoms with Gasteiger partial charge in [-0.2, -0.15) is 0 Å². The van der Waals surface area contributed by atoms with Gasteiger partial charge in [-0.1, -0.05) is 30.9 Å². The second-order valence-electron chi connectivity index (χ2n) is 9.25. The van der Waals surface area contributed by atoms with Crippen LogP contribution in [0.4, 0.5) is 0 Å². The van der Waals surface area contributed by atoms with Crippen molar-refractivity contribution in [2.45, 2.75) is 25.4 Å². The van der Waals surface area contributed by atoms with E-state index in [4.69, 9.17) is 23.5 Å². The van der Waals surface area contributed by atoms with Gasteiger partial charge in [-0.25, -0.2) is 4.79 Å². The van der Waals surface area contributed by atoms with Gasteiger partial charge in [-0.15, -0.1) is 0 Å². The van der Waals surface area contributed by atoms with Crippen molar-refractivity contribution in [2.24, 2.45) is 0 Å². The first-order chi connectivity index (χ1) is 18.8. The smallest absolute Gasteiger partial charge is 0.494 e. The summed E-state index contributed by atoms with van der Waals surface area (Å²) in [6.45, 7) is 4.21. The van der Waals surface area contributed by atoms with Crippen molar-refractivity contribution in [1.82, 2.24) is 4.90 Å². The molecule has 1 atom stereocenters. The molecule has 4 rings (SSSR count). The third kappa shape index (κ3) is 7.84. The predicted octanol–water partition coefficient (Wildman–Crippen LogP) is 3.21. The number of hydrogen-bond donors (Lipinski definition) is 0. The SMILES string of the molecule is C=C1CC[C@@H](Oc2ccc(B3OC(=O)CN(C)CC(=O)O3)cc2)C/C=C\C=C/1Oc1ccc(C(=O)OC)cc1. The van der Waals surface area contributed by atoms with Gasteiger partial charge in [0.2, 0.25) is 0 Å². The average molecular weight is 531 g/mol. The molecule has 0 saturated carbocycles. The lowest BCUT2D eigenvalue weighted by Crippen LogP contribution is -2.47. The molecule has 1 heterocycles. The zero-order valence-corrected chi connectivity index (χ0v) is 22.0. The zero-order chi connectivity index (χ0) is 27.8. The molecule has 1 aliphatic carbocycles. The van der Waals surface area contributed by atoms with Crippen LogP contribution in [0.5, 0.6) is 11.5 Å². The number of esters is 1. The number of methoxy groups -OCH3 is 1. The molecule has 0 amide bonds. The summed E-state index contributed by atoms with van der Waals surface area (Å²) < 4.78 is 27.6. The first kappa shape index (κ1) is 27.7. The number of allylic oxidation sites excluding steroid dienone is 3. The molecule has 39 heavy (non-hydrogen) atoms. The minimum atomic E-state index is -1.09. The van der Waals surface area contributed by atoms with Crippen LogP contribution in [0.1, 0.15) is 29.6 Å². The molecule has 1 aliphatic heterocycles. The second-order valence-corrected chi connectivity index (χ2v) is 9.25. The normalized spacial score (nSPS) is 21.0. The maximum Gasteiger partial charge on any atom is 0.636 e. The van der Waals surface area contributed by atoms with Gasteiger partial charge < -0.3 is 23.5 Å². The largest absolute Gasteiger partial charge is 0.636 e. The number of rotatable bonds is 6. The molecule has 0 aromatic heterocycles. The van der Waals surface area contributed by atoms with E-state index in [0.717, 1.165) is 5.57 Å². The van der Waals surface area contributed by atoms with Crippen LogP contribution < -0.4 is 14.9 Å². The molecular formula is C29H30BNO8. The fourth-order valence-corrected chi connectivity index (χ4v) is 4.06. The van der Waals surface area contributed by atoms with Crippen LogP contribution in [0.25, 0.3) is 0 Å². The van der Waals surface area contributed by atoms with Crippen LogP contribution in [0.15, 0.2) is 84.7 Å². The summed E-state index contributed by atoms with van der Waals surface area (Å²) >= 11 is 0. The highest BCUT2D eigenvalue weighted by Crippen LogP contribution is 2.25. The lowest BCUT2D eigenvalue weighted by Gasteiger charge is -2.23. The average Bonchev–Trinajstić information content (AvgIpc) is 2.99. The fourth-order valence-electron chi connectivity index (χ4n) is 4.06. The topological polar surface area (TPSA) is 101 Å². The summed E-state index contributed by atoms with van der Waals surface area (Å²) in [6, 6.07) is 13.7. The number of ether oxygens (including phenoxy) is 3. The van der Waals surface area contributed by atoms with Gasteiger partial charge in [0.25, 0.3) is 0 Å². The van der Waals surface area contributed by atoms with Crippen LogP contribution in [0, 0.1) is 0 Å². The van der Waals surface area contributed by atoms with E-state index in [0.29, 0.717) is 47.5 Å². The van der Waals surface area contributed by atoms with Gasteiger partial charge in [-0.05, 0) is 67.9 Å². The highest BCUT2D eigenvalue weighted by molar-refractivity contribution is 6.64. The molecule has 2 aromatic carbocycles.